The lowest BCUT2D eigenvalue weighted by molar-refractivity contribution is 0.0299. The second kappa shape index (κ2) is 8.58. The number of ether oxygens (including phenoxy) is 1. The number of aryl methyl sites for hydroxylation is 2. The molecule has 0 saturated carbocycles. The average Bonchev–Trinajstić information content (AvgIpc) is 2.66. The van der Waals surface area contributed by atoms with Crippen LogP contribution in [0.4, 0.5) is 5.82 Å². The van der Waals surface area contributed by atoms with Gasteiger partial charge in [0.1, 0.15) is 17.3 Å². The van der Waals surface area contributed by atoms with Crippen LogP contribution in [0, 0.1) is 6.92 Å². The van der Waals surface area contributed by atoms with Crippen LogP contribution in [0.25, 0.3) is 0 Å². The summed E-state index contributed by atoms with van der Waals surface area (Å²) in [7, 11) is 0. The van der Waals surface area contributed by atoms with E-state index in [1.807, 2.05) is 13.0 Å². The zero-order chi connectivity index (χ0) is 17.5. The van der Waals surface area contributed by atoms with Crippen molar-refractivity contribution in [3.63, 3.8) is 0 Å². The fraction of sp³-hybridized carbons (Fsp3) is 0.421. The minimum Gasteiger partial charge on any atom is -0.378 e. The minimum atomic E-state index is -0.0545. The van der Waals surface area contributed by atoms with Crippen LogP contribution in [0.1, 0.15) is 28.3 Å². The van der Waals surface area contributed by atoms with Gasteiger partial charge in [-0.15, -0.1) is 0 Å². The largest absolute Gasteiger partial charge is 0.378 e. The molecule has 132 valence electrons. The van der Waals surface area contributed by atoms with E-state index in [0.29, 0.717) is 43.6 Å². The summed E-state index contributed by atoms with van der Waals surface area (Å²) in [5.41, 5.74) is 1.77. The maximum Gasteiger partial charge on any atom is 0.272 e. The summed E-state index contributed by atoms with van der Waals surface area (Å²) < 4.78 is 5.30. The molecule has 3 rings (SSSR count). The lowest BCUT2D eigenvalue weighted by Crippen LogP contribution is -2.41. The van der Waals surface area contributed by atoms with Gasteiger partial charge in [0, 0.05) is 25.7 Å². The summed E-state index contributed by atoms with van der Waals surface area (Å²) in [6.45, 7) is 5.01. The van der Waals surface area contributed by atoms with Gasteiger partial charge in [0.25, 0.3) is 5.91 Å². The van der Waals surface area contributed by atoms with Gasteiger partial charge in [-0.3, -0.25) is 4.79 Å². The first kappa shape index (κ1) is 17.4. The van der Waals surface area contributed by atoms with E-state index in [2.05, 4.69) is 39.6 Å². The maximum atomic E-state index is 12.6. The van der Waals surface area contributed by atoms with E-state index in [0.717, 1.165) is 19.4 Å². The van der Waals surface area contributed by atoms with Gasteiger partial charge in [0.2, 0.25) is 0 Å². The van der Waals surface area contributed by atoms with Gasteiger partial charge >= 0.3 is 0 Å². The molecule has 0 spiro atoms. The van der Waals surface area contributed by atoms with Gasteiger partial charge in [-0.05, 0) is 25.3 Å². The molecule has 0 atom stereocenters. The van der Waals surface area contributed by atoms with Gasteiger partial charge in [-0.25, -0.2) is 9.97 Å². The number of amides is 1. The molecule has 0 bridgehead atoms. The highest BCUT2D eigenvalue weighted by Gasteiger charge is 2.20. The maximum absolute atomic E-state index is 12.6. The molecule has 2 heterocycles. The Morgan fingerprint density at radius 2 is 1.96 bits per heavy atom. The fourth-order valence-corrected chi connectivity index (χ4v) is 2.85. The summed E-state index contributed by atoms with van der Waals surface area (Å²) in [5, 5.41) is 3.31. The molecule has 1 aliphatic rings. The molecular weight excluding hydrogens is 316 g/mol. The molecule has 6 heteroatoms. The van der Waals surface area contributed by atoms with Crippen LogP contribution in [0.5, 0.6) is 0 Å². The molecule has 1 N–H and O–H groups in total. The Morgan fingerprint density at radius 3 is 2.72 bits per heavy atom. The highest BCUT2D eigenvalue weighted by Crippen LogP contribution is 2.11. The quantitative estimate of drug-likeness (QED) is 0.817. The van der Waals surface area contributed by atoms with Crippen molar-refractivity contribution >= 4 is 11.7 Å². The number of hydrogen-bond donors (Lipinski definition) is 1. The smallest absolute Gasteiger partial charge is 0.272 e. The van der Waals surface area contributed by atoms with Gasteiger partial charge < -0.3 is 15.0 Å². The highest BCUT2D eigenvalue weighted by molar-refractivity contribution is 5.93. The number of carbonyl (C=O) groups excluding carboxylic acids is 1. The number of morpholine rings is 1. The van der Waals surface area contributed by atoms with E-state index in [-0.39, 0.29) is 5.91 Å². The monoisotopic (exact) mass is 340 g/mol. The van der Waals surface area contributed by atoms with Gasteiger partial charge in [0.05, 0.1) is 13.2 Å². The van der Waals surface area contributed by atoms with E-state index in [1.54, 1.807) is 11.0 Å². The van der Waals surface area contributed by atoms with Crippen LogP contribution in [-0.2, 0) is 11.2 Å². The van der Waals surface area contributed by atoms with Crippen LogP contribution in [0.2, 0.25) is 0 Å². The number of aromatic nitrogens is 2. The molecule has 2 aromatic rings. The van der Waals surface area contributed by atoms with Gasteiger partial charge in [0.15, 0.2) is 0 Å². The van der Waals surface area contributed by atoms with Crippen molar-refractivity contribution in [2.24, 2.45) is 0 Å². The summed E-state index contributed by atoms with van der Waals surface area (Å²) >= 11 is 0. The van der Waals surface area contributed by atoms with E-state index in [9.17, 15) is 4.79 Å². The molecule has 0 unspecified atom stereocenters. The standard InChI is InChI=1S/C19H24N4O2/c1-15-21-17(19(24)23-10-12-25-13-11-23)14-18(22-15)20-9-5-8-16-6-3-2-4-7-16/h2-4,6-7,14H,5,8-13H2,1H3,(H,20,21,22). The topological polar surface area (TPSA) is 67.4 Å². The number of nitrogens with one attached hydrogen (secondary N) is 1. The van der Waals surface area contributed by atoms with E-state index >= 15 is 0 Å². The Bertz CT molecular complexity index is 700. The molecule has 25 heavy (non-hydrogen) atoms. The molecular formula is C19H24N4O2. The second-order valence-electron chi connectivity index (χ2n) is 6.11. The molecule has 1 fully saturated rings. The number of carbonyl (C=O) groups is 1. The van der Waals surface area contributed by atoms with Crippen molar-refractivity contribution in [3.8, 4) is 0 Å². The molecule has 1 aliphatic heterocycles. The summed E-state index contributed by atoms with van der Waals surface area (Å²) in [5.74, 6) is 1.25. The molecule has 6 nitrogen and oxygen atoms in total. The molecule has 1 aromatic carbocycles. The number of benzene rings is 1. The highest BCUT2D eigenvalue weighted by atomic mass is 16.5. The van der Waals surface area contributed by atoms with Crippen LogP contribution in [0.3, 0.4) is 0 Å². The first-order valence-corrected chi connectivity index (χ1v) is 8.73. The molecule has 0 aliphatic carbocycles. The van der Waals surface area contributed by atoms with E-state index in [4.69, 9.17) is 4.74 Å². The Balaban J connectivity index is 1.56. The Hall–Kier alpha value is -2.47. The van der Waals surface area contributed by atoms with Crippen molar-refractivity contribution in [1.29, 1.82) is 0 Å². The first-order chi connectivity index (χ1) is 12.2. The third-order valence-electron chi connectivity index (χ3n) is 4.15. The van der Waals surface area contributed by atoms with Crippen molar-refractivity contribution in [2.45, 2.75) is 19.8 Å². The first-order valence-electron chi connectivity index (χ1n) is 8.73. The Morgan fingerprint density at radius 1 is 1.20 bits per heavy atom. The molecule has 1 aromatic heterocycles. The fourth-order valence-electron chi connectivity index (χ4n) is 2.85. The number of hydrogen-bond acceptors (Lipinski definition) is 5. The second-order valence-corrected chi connectivity index (χ2v) is 6.11. The van der Waals surface area contributed by atoms with E-state index in [1.165, 1.54) is 5.56 Å². The lowest BCUT2D eigenvalue weighted by atomic mass is 10.1. The van der Waals surface area contributed by atoms with Crippen molar-refractivity contribution in [3.05, 3.63) is 53.5 Å². The third-order valence-corrected chi connectivity index (χ3v) is 4.15. The van der Waals surface area contributed by atoms with E-state index < -0.39 is 0 Å². The molecule has 1 amide bonds. The van der Waals surface area contributed by atoms with Gasteiger partial charge in [-0.1, -0.05) is 30.3 Å². The lowest BCUT2D eigenvalue weighted by Gasteiger charge is -2.26. The zero-order valence-electron chi connectivity index (χ0n) is 14.6. The van der Waals surface area contributed by atoms with Crippen LogP contribution in [-0.4, -0.2) is 53.6 Å². The van der Waals surface area contributed by atoms with Crippen molar-refractivity contribution < 1.29 is 9.53 Å². The van der Waals surface area contributed by atoms with Crippen LogP contribution < -0.4 is 5.32 Å². The zero-order valence-corrected chi connectivity index (χ0v) is 14.6. The Kier molecular flexibility index (Phi) is 5.95. The summed E-state index contributed by atoms with van der Waals surface area (Å²) in [4.78, 5) is 23.0. The van der Waals surface area contributed by atoms with Crippen LogP contribution in [0.15, 0.2) is 36.4 Å². The third kappa shape index (κ3) is 5.00. The molecule has 0 radical (unpaired) electrons. The number of anilines is 1. The molecule has 1 saturated heterocycles. The summed E-state index contributed by atoms with van der Waals surface area (Å²) in [6.07, 6.45) is 2.01. The normalized spacial score (nSPS) is 14.4. The van der Waals surface area contributed by atoms with Gasteiger partial charge in [-0.2, -0.15) is 0 Å². The number of rotatable bonds is 6. The Labute approximate surface area is 148 Å². The average molecular weight is 340 g/mol. The van der Waals surface area contributed by atoms with Crippen LogP contribution >= 0.6 is 0 Å². The summed E-state index contributed by atoms with van der Waals surface area (Å²) in [6, 6.07) is 12.1. The predicted molar refractivity (Wildman–Crippen MR) is 96.7 cm³/mol. The SMILES string of the molecule is Cc1nc(NCCCc2ccccc2)cc(C(=O)N2CCOCC2)n1. The number of nitrogens with zero attached hydrogens (tertiary/aromatic N) is 3. The predicted octanol–water partition coefficient (Wildman–Crippen LogP) is 2.30. The minimum absolute atomic E-state index is 0.0545. The van der Waals surface area contributed by atoms with Crippen molar-refractivity contribution in [1.82, 2.24) is 14.9 Å². The van der Waals surface area contributed by atoms with Crippen molar-refractivity contribution in [2.75, 3.05) is 38.2 Å².